The normalized spacial score (nSPS) is 10.1. The zero-order valence-electron chi connectivity index (χ0n) is 10.1. The molecule has 1 aromatic carbocycles. The number of unbranched alkanes of at least 4 members (excludes halogenated alkanes) is 1. The molecule has 0 radical (unpaired) electrons. The van der Waals surface area contributed by atoms with Crippen molar-refractivity contribution in [2.24, 2.45) is 0 Å². The van der Waals surface area contributed by atoms with Gasteiger partial charge in [-0.25, -0.2) is 0 Å². The number of nitrogens with zero attached hydrogens (tertiary/aromatic N) is 1. The van der Waals surface area contributed by atoms with Crippen molar-refractivity contribution in [2.75, 3.05) is 12.4 Å². The largest absolute Gasteiger partial charge is 0.465 e. The smallest absolute Gasteiger partial charge is 0.316 e. The van der Waals surface area contributed by atoms with Crippen LogP contribution in [0.2, 0.25) is 0 Å². The first kappa shape index (κ1) is 14.5. The first-order valence-electron chi connectivity index (χ1n) is 5.67. The van der Waals surface area contributed by atoms with Crippen molar-refractivity contribution in [2.45, 2.75) is 24.7 Å². The third-order valence-corrected chi connectivity index (χ3v) is 3.20. The second-order valence-corrected chi connectivity index (χ2v) is 4.60. The van der Waals surface area contributed by atoms with Crippen LogP contribution in [-0.4, -0.2) is 23.3 Å². The summed E-state index contributed by atoms with van der Waals surface area (Å²) in [7, 11) is 0. The molecule has 6 heteroatoms. The van der Waals surface area contributed by atoms with E-state index >= 15 is 0 Å². The number of hydrogen-bond donors (Lipinski definition) is 0. The molecule has 0 fully saturated rings. The summed E-state index contributed by atoms with van der Waals surface area (Å²) in [6.45, 7) is 2.42. The van der Waals surface area contributed by atoms with Crippen LogP contribution in [0, 0.1) is 10.1 Å². The molecule has 5 nitrogen and oxygen atoms in total. The van der Waals surface area contributed by atoms with Crippen LogP contribution in [0.5, 0.6) is 0 Å². The number of nitro benzene ring substituents is 1. The SMILES string of the molecule is CCCCOC(=O)CSc1ccccc1[N+](=O)[O-]. The number of carbonyl (C=O) groups is 1. The van der Waals surface area contributed by atoms with Crippen molar-refractivity contribution < 1.29 is 14.5 Å². The molecule has 0 saturated carbocycles. The van der Waals surface area contributed by atoms with E-state index in [1.807, 2.05) is 6.92 Å². The van der Waals surface area contributed by atoms with E-state index in [0.717, 1.165) is 24.6 Å². The van der Waals surface area contributed by atoms with Crippen LogP contribution in [0.3, 0.4) is 0 Å². The van der Waals surface area contributed by atoms with E-state index in [1.165, 1.54) is 6.07 Å². The molecule has 0 spiro atoms. The zero-order chi connectivity index (χ0) is 13.4. The van der Waals surface area contributed by atoms with Gasteiger partial charge in [0.25, 0.3) is 5.69 Å². The summed E-state index contributed by atoms with van der Waals surface area (Å²) < 4.78 is 4.97. The molecule has 0 atom stereocenters. The second kappa shape index (κ2) is 7.71. The van der Waals surface area contributed by atoms with Crippen LogP contribution in [0.15, 0.2) is 29.2 Å². The van der Waals surface area contributed by atoms with Crippen molar-refractivity contribution in [3.05, 3.63) is 34.4 Å². The fourth-order valence-electron chi connectivity index (χ4n) is 1.24. The highest BCUT2D eigenvalue weighted by atomic mass is 32.2. The summed E-state index contributed by atoms with van der Waals surface area (Å²) in [5.74, 6) is -0.249. The Morgan fingerprint density at radius 2 is 2.17 bits per heavy atom. The van der Waals surface area contributed by atoms with E-state index in [4.69, 9.17) is 4.74 Å². The molecule has 0 unspecified atom stereocenters. The maximum absolute atomic E-state index is 11.4. The molecule has 0 heterocycles. The first-order chi connectivity index (χ1) is 8.65. The number of para-hydroxylation sites is 1. The Morgan fingerprint density at radius 3 is 2.83 bits per heavy atom. The summed E-state index contributed by atoms with van der Waals surface area (Å²) in [5, 5.41) is 10.8. The maximum atomic E-state index is 11.4. The number of carbonyl (C=O) groups excluding carboxylic acids is 1. The van der Waals surface area contributed by atoms with Gasteiger partial charge in [-0.15, -0.1) is 11.8 Å². The van der Waals surface area contributed by atoms with Gasteiger partial charge < -0.3 is 4.74 Å². The Morgan fingerprint density at radius 1 is 1.44 bits per heavy atom. The quantitative estimate of drug-likeness (QED) is 0.250. The lowest BCUT2D eigenvalue weighted by Gasteiger charge is -2.04. The summed E-state index contributed by atoms with van der Waals surface area (Å²) >= 11 is 1.13. The number of ether oxygens (including phenoxy) is 1. The number of rotatable bonds is 7. The van der Waals surface area contributed by atoms with E-state index < -0.39 is 4.92 Å². The van der Waals surface area contributed by atoms with Crippen molar-refractivity contribution in [3.8, 4) is 0 Å². The van der Waals surface area contributed by atoms with Crippen LogP contribution in [0.4, 0.5) is 5.69 Å². The number of nitro groups is 1. The van der Waals surface area contributed by atoms with Crippen LogP contribution in [-0.2, 0) is 9.53 Å². The summed E-state index contributed by atoms with van der Waals surface area (Å²) in [6.07, 6.45) is 1.80. The summed E-state index contributed by atoms with van der Waals surface area (Å²) in [5.41, 5.74) is 0.0175. The molecule has 98 valence electrons. The van der Waals surface area contributed by atoms with E-state index in [2.05, 4.69) is 0 Å². The van der Waals surface area contributed by atoms with Crippen molar-refractivity contribution in [1.82, 2.24) is 0 Å². The van der Waals surface area contributed by atoms with Crippen molar-refractivity contribution in [3.63, 3.8) is 0 Å². The molecule has 0 aliphatic heterocycles. The Hall–Kier alpha value is -1.56. The van der Waals surface area contributed by atoms with Gasteiger partial charge in [0.15, 0.2) is 0 Å². The average Bonchev–Trinajstić information content (AvgIpc) is 2.37. The van der Waals surface area contributed by atoms with Crippen molar-refractivity contribution >= 4 is 23.4 Å². The van der Waals surface area contributed by atoms with E-state index in [1.54, 1.807) is 18.2 Å². The Labute approximate surface area is 110 Å². The monoisotopic (exact) mass is 269 g/mol. The Balaban J connectivity index is 2.48. The molecule has 0 aliphatic carbocycles. The number of benzene rings is 1. The van der Waals surface area contributed by atoms with Gasteiger partial charge in [-0.2, -0.15) is 0 Å². The molecule has 0 bridgehead atoms. The van der Waals surface area contributed by atoms with Gasteiger partial charge in [0.05, 0.1) is 22.2 Å². The lowest BCUT2D eigenvalue weighted by atomic mass is 10.3. The minimum Gasteiger partial charge on any atom is -0.465 e. The van der Waals surface area contributed by atoms with E-state index in [9.17, 15) is 14.9 Å². The van der Waals surface area contributed by atoms with Gasteiger partial charge in [0.2, 0.25) is 0 Å². The molecule has 1 rings (SSSR count). The van der Waals surface area contributed by atoms with E-state index in [-0.39, 0.29) is 17.4 Å². The summed E-state index contributed by atoms with van der Waals surface area (Å²) in [6, 6.07) is 6.35. The molecule has 0 aromatic heterocycles. The highest BCUT2D eigenvalue weighted by molar-refractivity contribution is 8.00. The minimum atomic E-state index is -0.454. The van der Waals surface area contributed by atoms with Crippen LogP contribution in [0.1, 0.15) is 19.8 Å². The number of hydrogen-bond acceptors (Lipinski definition) is 5. The molecular weight excluding hydrogens is 254 g/mol. The lowest BCUT2D eigenvalue weighted by molar-refractivity contribution is -0.387. The van der Waals surface area contributed by atoms with Gasteiger partial charge in [-0.05, 0) is 12.5 Å². The topological polar surface area (TPSA) is 69.4 Å². The molecule has 0 amide bonds. The maximum Gasteiger partial charge on any atom is 0.316 e. The van der Waals surface area contributed by atoms with Gasteiger partial charge in [-0.3, -0.25) is 14.9 Å². The minimum absolute atomic E-state index is 0.0175. The highest BCUT2D eigenvalue weighted by Crippen LogP contribution is 2.28. The number of thioether (sulfide) groups is 1. The molecule has 1 aromatic rings. The average molecular weight is 269 g/mol. The first-order valence-corrected chi connectivity index (χ1v) is 6.65. The van der Waals surface area contributed by atoms with Gasteiger partial charge in [0.1, 0.15) is 0 Å². The fourth-order valence-corrected chi connectivity index (χ4v) is 2.06. The highest BCUT2D eigenvalue weighted by Gasteiger charge is 2.14. The summed E-state index contributed by atoms with van der Waals surface area (Å²) in [4.78, 5) is 22.1. The number of esters is 1. The third-order valence-electron chi connectivity index (χ3n) is 2.17. The van der Waals surface area contributed by atoms with E-state index in [0.29, 0.717) is 11.5 Å². The standard InChI is InChI=1S/C12H15NO4S/c1-2-3-8-17-12(14)9-18-11-7-5-4-6-10(11)13(15)16/h4-7H,2-3,8-9H2,1H3. The lowest BCUT2D eigenvalue weighted by Crippen LogP contribution is -2.08. The predicted octanol–water partition coefficient (Wildman–Crippen LogP) is 3.03. The third kappa shape index (κ3) is 4.75. The fraction of sp³-hybridized carbons (Fsp3) is 0.417. The predicted molar refractivity (Wildman–Crippen MR) is 69.7 cm³/mol. The second-order valence-electron chi connectivity index (χ2n) is 3.59. The van der Waals surface area contributed by atoms with Gasteiger partial charge >= 0.3 is 5.97 Å². The molecule has 18 heavy (non-hydrogen) atoms. The molecular formula is C12H15NO4S. The van der Waals surface area contributed by atoms with Crippen LogP contribution < -0.4 is 0 Å². The van der Waals surface area contributed by atoms with Crippen molar-refractivity contribution in [1.29, 1.82) is 0 Å². The Bertz CT molecular complexity index is 422. The van der Waals surface area contributed by atoms with Crippen LogP contribution >= 0.6 is 11.8 Å². The molecule has 0 N–H and O–H groups in total. The van der Waals surface area contributed by atoms with Gasteiger partial charge in [-0.1, -0.05) is 25.5 Å². The van der Waals surface area contributed by atoms with Crippen LogP contribution in [0.25, 0.3) is 0 Å². The molecule has 0 saturated heterocycles. The molecule has 0 aliphatic rings. The Kier molecular flexibility index (Phi) is 6.21. The van der Waals surface area contributed by atoms with Gasteiger partial charge in [0, 0.05) is 6.07 Å². The zero-order valence-corrected chi connectivity index (χ0v) is 10.9.